The summed E-state index contributed by atoms with van der Waals surface area (Å²) >= 11 is 0. The number of rotatable bonds is 4. The predicted molar refractivity (Wildman–Crippen MR) is 95.8 cm³/mol. The average Bonchev–Trinajstić information content (AvgIpc) is 2.57. The number of benzene rings is 1. The Bertz CT molecular complexity index is 738. The predicted octanol–water partition coefficient (Wildman–Crippen LogP) is 2.42. The molecule has 1 aromatic carbocycles. The zero-order chi connectivity index (χ0) is 17.1. The molecular weight excluding hydrogens is 302 g/mol. The molecule has 1 aliphatic rings. The molecule has 0 spiro atoms. The van der Waals surface area contributed by atoms with Crippen LogP contribution in [0.2, 0.25) is 0 Å². The Balaban J connectivity index is 1.80. The fourth-order valence-corrected chi connectivity index (χ4v) is 2.88. The molecule has 0 bridgehead atoms. The van der Waals surface area contributed by atoms with E-state index in [4.69, 9.17) is 0 Å². The zero-order valence-electron chi connectivity index (χ0n) is 14.4. The van der Waals surface area contributed by atoms with Gasteiger partial charge in [-0.1, -0.05) is 17.7 Å². The Labute approximate surface area is 142 Å². The van der Waals surface area contributed by atoms with Crippen LogP contribution in [0, 0.1) is 20.8 Å². The van der Waals surface area contributed by atoms with Crippen molar-refractivity contribution in [3.8, 4) is 0 Å². The number of carbonyl (C=O) groups is 1. The summed E-state index contributed by atoms with van der Waals surface area (Å²) in [4.78, 5) is 24.0. The Hall–Kier alpha value is -2.63. The topological polar surface area (TPSA) is 61.4 Å². The van der Waals surface area contributed by atoms with E-state index in [1.54, 1.807) is 4.90 Å². The summed E-state index contributed by atoms with van der Waals surface area (Å²) in [6, 6.07) is 8.26. The van der Waals surface area contributed by atoms with Crippen LogP contribution in [0.15, 0.2) is 24.3 Å². The van der Waals surface area contributed by atoms with Gasteiger partial charge in [-0.05, 0) is 32.4 Å². The molecule has 1 amide bonds. The molecule has 0 saturated carbocycles. The quantitative estimate of drug-likeness (QED) is 0.875. The van der Waals surface area contributed by atoms with Crippen LogP contribution in [0.4, 0.5) is 17.5 Å². The highest BCUT2D eigenvalue weighted by Gasteiger charge is 2.18. The largest absolute Gasteiger partial charge is 0.342 e. The van der Waals surface area contributed by atoms with Crippen molar-refractivity contribution in [2.45, 2.75) is 20.8 Å². The average molecular weight is 325 g/mol. The lowest BCUT2D eigenvalue weighted by atomic mass is 10.1. The lowest BCUT2D eigenvalue weighted by Crippen LogP contribution is -2.46. The Morgan fingerprint density at radius 3 is 2.46 bits per heavy atom. The van der Waals surface area contributed by atoms with E-state index in [0.717, 1.165) is 36.7 Å². The molecule has 1 aliphatic heterocycles. The summed E-state index contributed by atoms with van der Waals surface area (Å²) in [5.74, 6) is 1.51. The second kappa shape index (κ2) is 6.86. The molecule has 1 saturated heterocycles. The Kier molecular flexibility index (Phi) is 4.64. The SMILES string of the molecule is Cc1ccc(Nc2cc(C)nc(N3CCN(C=O)CC3)n2)c(C)c1. The molecule has 1 N–H and O–H groups in total. The van der Waals surface area contributed by atoms with Gasteiger partial charge in [0.1, 0.15) is 5.82 Å². The van der Waals surface area contributed by atoms with Gasteiger partial charge < -0.3 is 15.1 Å². The standard InChI is InChI=1S/C18H23N5O/c1-13-4-5-16(14(2)10-13)20-17-11-15(3)19-18(21-17)23-8-6-22(12-24)7-9-23/h4-5,10-12H,6-9H2,1-3H3,(H,19,20,21). The molecular formula is C18H23N5O. The molecule has 3 rings (SSSR count). The van der Waals surface area contributed by atoms with Gasteiger partial charge in [0.15, 0.2) is 0 Å². The van der Waals surface area contributed by atoms with Crippen molar-refractivity contribution < 1.29 is 4.79 Å². The minimum absolute atomic E-state index is 0.709. The molecule has 0 aliphatic carbocycles. The van der Waals surface area contributed by atoms with Gasteiger partial charge in [-0.25, -0.2) is 4.98 Å². The molecule has 6 nitrogen and oxygen atoms in total. The summed E-state index contributed by atoms with van der Waals surface area (Å²) in [5, 5.41) is 3.40. The smallest absolute Gasteiger partial charge is 0.227 e. The number of nitrogens with zero attached hydrogens (tertiary/aromatic N) is 4. The molecule has 0 atom stereocenters. The van der Waals surface area contributed by atoms with Gasteiger partial charge in [-0.3, -0.25) is 4.79 Å². The van der Waals surface area contributed by atoms with Crippen molar-refractivity contribution in [2.75, 3.05) is 36.4 Å². The fourth-order valence-electron chi connectivity index (χ4n) is 2.88. The van der Waals surface area contributed by atoms with E-state index in [2.05, 4.69) is 52.2 Å². The van der Waals surface area contributed by atoms with E-state index in [1.165, 1.54) is 11.1 Å². The minimum Gasteiger partial charge on any atom is -0.342 e. The minimum atomic E-state index is 0.709. The number of piperazine rings is 1. The number of aryl methyl sites for hydroxylation is 3. The van der Waals surface area contributed by atoms with Gasteiger partial charge in [-0.2, -0.15) is 4.98 Å². The van der Waals surface area contributed by atoms with Crippen molar-refractivity contribution in [2.24, 2.45) is 0 Å². The zero-order valence-corrected chi connectivity index (χ0v) is 14.4. The first-order valence-electron chi connectivity index (χ1n) is 8.19. The fraction of sp³-hybridized carbons (Fsp3) is 0.389. The summed E-state index contributed by atoms with van der Waals surface area (Å²) in [6.07, 6.45) is 0.904. The first kappa shape index (κ1) is 16.2. The molecule has 126 valence electrons. The maximum Gasteiger partial charge on any atom is 0.227 e. The summed E-state index contributed by atoms with van der Waals surface area (Å²) in [5.41, 5.74) is 4.40. The van der Waals surface area contributed by atoms with Crippen molar-refractivity contribution in [1.82, 2.24) is 14.9 Å². The third-order valence-electron chi connectivity index (χ3n) is 4.23. The number of hydrogen-bond acceptors (Lipinski definition) is 5. The lowest BCUT2D eigenvalue weighted by Gasteiger charge is -2.32. The van der Waals surface area contributed by atoms with E-state index in [0.29, 0.717) is 19.0 Å². The number of amides is 1. The highest BCUT2D eigenvalue weighted by atomic mass is 16.1. The number of hydrogen-bond donors (Lipinski definition) is 1. The molecule has 1 aromatic heterocycles. The maximum atomic E-state index is 10.8. The number of anilines is 3. The number of aromatic nitrogens is 2. The van der Waals surface area contributed by atoms with E-state index in [1.807, 2.05) is 13.0 Å². The van der Waals surface area contributed by atoms with Gasteiger partial charge >= 0.3 is 0 Å². The first-order chi connectivity index (χ1) is 11.5. The molecule has 0 radical (unpaired) electrons. The summed E-state index contributed by atoms with van der Waals surface area (Å²) in [6.45, 7) is 9.07. The normalized spacial score (nSPS) is 14.6. The lowest BCUT2D eigenvalue weighted by molar-refractivity contribution is -0.118. The van der Waals surface area contributed by atoms with Crippen LogP contribution in [-0.2, 0) is 4.79 Å². The van der Waals surface area contributed by atoms with Gasteiger partial charge in [0.2, 0.25) is 12.4 Å². The molecule has 1 fully saturated rings. The third kappa shape index (κ3) is 3.64. The second-order valence-electron chi connectivity index (χ2n) is 6.27. The van der Waals surface area contributed by atoms with E-state index >= 15 is 0 Å². The maximum absolute atomic E-state index is 10.8. The first-order valence-corrected chi connectivity index (χ1v) is 8.19. The van der Waals surface area contributed by atoms with Crippen LogP contribution in [0.3, 0.4) is 0 Å². The van der Waals surface area contributed by atoms with E-state index < -0.39 is 0 Å². The second-order valence-corrected chi connectivity index (χ2v) is 6.27. The Morgan fingerprint density at radius 1 is 1.04 bits per heavy atom. The summed E-state index contributed by atoms with van der Waals surface area (Å²) < 4.78 is 0. The van der Waals surface area contributed by atoms with Crippen molar-refractivity contribution >= 4 is 23.9 Å². The number of nitrogens with one attached hydrogen (secondary N) is 1. The van der Waals surface area contributed by atoms with Crippen molar-refractivity contribution in [1.29, 1.82) is 0 Å². The van der Waals surface area contributed by atoms with Gasteiger partial charge in [0.25, 0.3) is 0 Å². The molecule has 0 unspecified atom stereocenters. The van der Waals surface area contributed by atoms with Crippen LogP contribution in [0.5, 0.6) is 0 Å². The van der Waals surface area contributed by atoms with Crippen LogP contribution < -0.4 is 10.2 Å². The van der Waals surface area contributed by atoms with Crippen LogP contribution in [0.25, 0.3) is 0 Å². The van der Waals surface area contributed by atoms with Crippen LogP contribution >= 0.6 is 0 Å². The molecule has 6 heteroatoms. The van der Waals surface area contributed by atoms with Crippen molar-refractivity contribution in [3.63, 3.8) is 0 Å². The Morgan fingerprint density at radius 2 is 1.79 bits per heavy atom. The van der Waals surface area contributed by atoms with E-state index in [9.17, 15) is 4.79 Å². The summed E-state index contributed by atoms with van der Waals surface area (Å²) in [7, 11) is 0. The molecule has 24 heavy (non-hydrogen) atoms. The highest BCUT2D eigenvalue weighted by Crippen LogP contribution is 2.22. The van der Waals surface area contributed by atoms with Crippen LogP contribution in [0.1, 0.15) is 16.8 Å². The van der Waals surface area contributed by atoms with Gasteiger partial charge in [0, 0.05) is 43.6 Å². The van der Waals surface area contributed by atoms with Gasteiger partial charge in [0.05, 0.1) is 0 Å². The molecule has 2 heterocycles. The van der Waals surface area contributed by atoms with Crippen LogP contribution in [-0.4, -0.2) is 47.5 Å². The monoisotopic (exact) mass is 325 g/mol. The highest BCUT2D eigenvalue weighted by molar-refractivity contribution is 5.62. The third-order valence-corrected chi connectivity index (χ3v) is 4.23. The number of carbonyl (C=O) groups excluding carboxylic acids is 1. The van der Waals surface area contributed by atoms with Gasteiger partial charge in [-0.15, -0.1) is 0 Å². The van der Waals surface area contributed by atoms with Crippen molar-refractivity contribution in [3.05, 3.63) is 41.1 Å². The van der Waals surface area contributed by atoms with E-state index in [-0.39, 0.29) is 0 Å². The molecule has 2 aromatic rings.